The second-order valence-electron chi connectivity index (χ2n) is 7.91. The van der Waals surface area contributed by atoms with E-state index in [4.69, 9.17) is 0 Å². The number of rotatable bonds is 6. The molecule has 0 aromatic heterocycles. The molecule has 0 bridgehead atoms. The van der Waals surface area contributed by atoms with Crippen LogP contribution in [0, 0.1) is 5.82 Å². The zero-order valence-electron chi connectivity index (χ0n) is 16.3. The fourth-order valence-corrected chi connectivity index (χ4v) is 3.62. The van der Waals surface area contributed by atoms with Gasteiger partial charge in [-0.1, -0.05) is 24.3 Å². The van der Waals surface area contributed by atoms with Gasteiger partial charge < -0.3 is 10.4 Å². The molecule has 1 heterocycles. The minimum absolute atomic E-state index is 0.178. The lowest BCUT2D eigenvalue weighted by atomic mass is 9.93. The molecule has 29 heavy (non-hydrogen) atoms. The van der Waals surface area contributed by atoms with E-state index in [1.807, 2.05) is 0 Å². The van der Waals surface area contributed by atoms with Crippen molar-refractivity contribution in [3.8, 4) is 0 Å². The van der Waals surface area contributed by atoms with Crippen LogP contribution in [0.5, 0.6) is 0 Å². The molecule has 0 spiro atoms. The summed E-state index contributed by atoms with van der Waals surface area (Å²) >= 11 is 0. The Morgan fingerprint density at radius 1 is 1.03 bits per heavy atom. The zero-order chi connectivity index (χ0) is 21.1. The fourth-order valence-electron chi connectivity index (χ4n) is 3.62. The van der Waals surface area contributed by atoms with Crippen LogP contribution in [0.4, 0.5) is 17.6 Å². The number of alkyl halides is 3. The fraction of sp³-hybridized carbons (Fsp3) is 0.455. The van der Waals surface area contributed by atoms with Gasteiger partial charge in [-0.2, -0.15) is 13.2 Å². The molecule has 1 unspecified atom stereocenters. The van der Waals surface area contributed by atoms with Crippen LogP contribution >= 0.6 is 0 Å². The molecule has 0 radical (unpaired) electrons. The molecule has 158 valence electrons. The van der Waals surface area contributed by atoms with Gasteiger partial charge in [-0.15, -0.1) is 0 Å². The van der Waals surface area contributed by atoms with Gasteiger partial charge in [0.1, 0.15) is 5.82 Å². The molecule has 0 saturated carbocycles. The number of halogens is 4. The van der Waals surface area contributed by atoms with Crippen LogP contribution in [0.2, 0.25) is 0 Å². The van der Waals surface area contributed by atoms with Crippen molar-refractivity contribution in [2.45, 2.75) is 44.1 Å². The van der Waals surface area contributed by atoms with E-state index in [9.17, 15) is 22.7 Å². The van der Waals surface area contributed by atoms with Gasteiger partial charge in [-0.25, -0.2) is 4.39 Å². The quantitative estimate of drug-likeness (QED) is 0.697. The van der Waals surface area contributed by atoms with Crippen LogP contribution in [0.3, 0.4) is 0 Å². The molecular formula is C22H26F4N2O. The Hall–Kier alpha value is -1.96. The van der Waals surface area contributed by atoms with E-state index in [0.717, 1.165) is 50.2 Å². The highest BCUT2D eigenvalue weighted by molar-refractivity contribution is 5.30. The lowest BCUT2D eigenvalue weighted by Crippen LogP contribution is -2.46. The first-order valence-electron chi connectivity index (χ1n) is 9.74. The minimum atomic E-state index is -4.43. The highest BCUT2D eigenvalue weighted by Gasteiger charge is 2.33. The number of hydrogen-bond acceptors (Lipinski definition) is 3. The molecule has 0 amide bonds. The van der Waals surface area contributed by atoms with E-state index in [2.05, 4.69) is 10.2 Å². The van der Waals surface area contributed by atoms with Gasteiger partial charge in [-0.05, 0) is 68.2 Å². The molecule has 7 heteroatoms. The minimum Gasteiger partial charge on any atom is -0.384 e. The Balaban J connectivity index is 1.50. The number of likely N-dealkylation sites (tertiary alicyclic amines) is 1. The zero-order valence-corrected chi connectivity index (χ0v) is 16.3. The Bertz CT molecular complexity index is 797. The number of nitrogens with one attached hydrogen (secondary N) is 1. The van der Waals surface area contributed by atoms with Crippen molar-refractivity contribution in [2.24, 2.45) is 0 Å². The lowest BCUT2D eigenvalue weighted by molar-refractivity contribution is -0.137. The van der Waals surface area contributed by atoms with Crippen molar-refractivity contribution in [3.63, 3.8) is 0 Å². The maximum atomic E-state index is 13.0. The van der Waals surface area contributed by atoms with E-state index in [1.165, 1.54) is 31.2 Å². The average molecular weight is 410 g/mol. The van der Waals surface area contributed by atoms with Crippen LogP contribution in [0.15, 0.2) is 48.5 Å². The molecular weight excluding hydrogens is 384 g/mol. The standard InChI is InChI=1S/C22H26F4N2O/c1-21(29,17-3-2-4-18(13-17)22(24,25)26)15-27-20-9-11-28(12-10-20)14-16-5-7-19(23)8-6-16/h2-8,13,20,27,29H,9-12,14-15H2,1H3. The maximum absolute atomic E-state index is 13.0. The molecule has 1 saturated heterocycles. The Kier molecular flexibility index (Phi) is 6.61. The van der Waals surface area contributed by atoms with E-state index >= 15 is 0 Å². The molecule has 0 aliphatic carbocycles. The van der Waals surface area contributed by atoms with Crippen molar-refractivity contribution >= 4 is 0 Å². The normalized spacial score (nSPS) is 18.6. The topological polar surface area (TPSA) is 35.5 Å². The van der Waals surface area contributed by atoms with Crippen LogP contribution < -0.4 is 5.32 Å². The summed E-state index contributed by atoms with van der Waals surface area (Å²) in [6.45, 7) is 4.19. The van der Waals surface area contributed by atoms with Gasteiger partial charge in [0, 0.05) is 19.1 Å². The number of piperidine rings is 1. The Morgan fingerprint density at radius 3 is 2.28 bits per heavy atom. The second kappa shape index (κ2) is 8.81. The molecule has 1 atom stereocenters. The summed E-state index contributed by atoms with van der Waals surface area (Å²) < 4.78 is 51.8. The van der Waals surface area contributed by atoms with E-state index in [-0.39, 0.29) is 24.0 Å². The van der Waals surface area contributed by atoms with E-state index in [0.29, 0.717) is 0 Å². The maximum Gasteiger partial charge on any atom is 0.416 e. The van der Waals surface area contributed by atoms with Crippen molar-refractivity contribution in [1.82, 2.24) is 10.2 Å². The smallest absolute Gasteiger partial charge is 0.384 e. The first-order chi connectivity index (χ1) is 13.6. The summed E-state index contributed by atoms with van der Waals surface area (Å²) in [4.78, 5) is 2.29. The number of hydrogen-bond donors (Lipinski definition) is 2. The van der Waals surface area contributed by atoms with Crippen LogP contribution in [0.25, 0.3) is 0 Å². The summed E-state index contributed by atoms with van der Waals surface area (Å²) in [7, 11) is 0. The first kappa shape index (κ1) is 21.7. The molecule has 2 N–H and O–H groups in total. The monoisotopic (exact) mass is 410 g/mol. The molecule has 3 rings (SSSR count). The lowest BCUT2D eigenvalue weighted by Gasteiger charge is -2.34. The second-order valence-corrected chi connectivity index (χ2v) is 7.91. The molecule has 1 aliphatic rings. The van der Waals surface area contributed by atoms with Gasteiger partial charge in [0.2, 0.25) is 0 Å². The van der Waals surface area contributed by atoms with E-state index < -0.39 is 17.3 Å². The van der Waals surface area contributed by atoms with Crippen molar-refractivity contribution in [3.05, 3.63) is 71.0 Å². The number of benzene rings is 2. The summed E-state index contributed by atoms with van der Waals surface area (Å²) in [6, 6.07) is 11.5. The SMILES string of the molecule is CC(O)(CNC1CCN(Cc2ccc(F)cc2)CC1)c1cccc(C(F)(F)F)c1. The summed E-state index contributed by atoms with van der Waals surface area (Å²) in [5, 5.41) is 14.0. The van der Waals surface area contributed by atoms with Gasteiger partial charge in [0.15, 0.2) is 0 Å². The number of aliphatic hydroxyl groups is 1. The van der Waals surface area contributed by atoms with Gasteiger partial charge in [0.05, 0.1) is 11.2 Å². The molecule has 1 fully saturated rings. The third-order valence-corrected chi connectivity index (χ3v) is 5.45. The molecule has 2 aromatic rings. The average Bonchev–Trinajstić information content (AvgIpc) is 2.69. The highest BCUT2D eigenvalue weighted by Crippen LogP contribution is 2.32. The third-order valence-electron chi connectivity index (χ3n) is 5.45. The first-order valence-corrected chi connectivity index (χ1v) is 9.74. The predicted octanol–water partition coefficient (Wildman–Crippen LogP) is 4.31. The molecule has 2 aromatic carbocycles. The van der Waals surface area contributed by atoms with Crippen molar-refractivity contribution < 1.29 is 22.7 Å². The Morgan fingerprint density at radius 2 is 1.66 bits per heavy atom. The largest absolute Gasteiger partial charge is 0.416 e. The van der Waals surface area contributed by atoms with Crippen molar-refractivity contribution in [2.75, 3.05) is 19.6 Å². The summed E-state index contributed by atoms with van der Waals surface area (Å²) in [5.74, 6) is -0.246. The third kappa shape index (κ3) is 6.01. The summed E-state index contributed by atoms with van der Waals surface area (Å²) in [6.07, 6.45) is -2.68. The molecule has 1 aliphatic heterocycles. The highest BCUT2D eigenvalue weighted by atomic mass is 19.4. The number of nitrogens with zero attached hydrogens (tertiary/aromatic N) is 1. The van der Waals surface area contributed by atoms with Crippen LogP contribution in [-0.2, 0) is 18.3 Å². The molecule has 3 nitrogen and oxygen atoms in total. The van der Waals surface area contributed by atoms with Gasteiger partial charge in [0.25, 0.3) is 0 Å². The van der Waals surface area contributed by atoms with Gasteiger partial charge in [-0.3, -0.25) is 4.90 Å². The Labute approximate surface area is 168 Å². The van der Waals surface area contributed by atoms with Gasteiger partial charge >= 0.3 is 6.18 Å². The summed E-state index contributed by atoms with van der Waals surface area (Å²) in [5.41, 5.74) is -0.852. The van der Waals surface area contributed by atoms with Crippen LogP contribution in [0.1, 0.15) is 36.5 Å². The van der Waals surface area contributed by atoms with E-state index in [1.54, 1.807) is 12.1 Å². The van der Waals surface area contributed by atoms with Crippen LogP contribution in [-0.4, -0.2) is 35.7 Å². The predicted molar refractivity (Wildman–Crippen MR) is 104 cm³/mol. The van der Waals surface area contributed by atoms with Crippen molar-refractivity contribution in [1.29, 1.82) is 0 Å².